The Bertz CT molecular complexity index is 1190. The Morgan fingerprint density at radius 2 is 1.92 bits per heavy atom. The van der Waals surface area contributed by atoms with Crippen molar-refractivity contribution in [1.82, 2.24) is 20.3 Å². The summed E-state index contributed by atoms with van der Waals surface area (Å²) in [5, 5.41) is 5.44. The molecule has 2 aromatic heterocycles. The molecular weight excluding hydrogens is 466 g/mol. The van der Waals surface area contributed by atoms with E-state index in [1.807, 2.05) is 30.3 Å². The summed E-state index contributed by atoms with van der Waals surface area (Å²) in [5.41, 5.74) is 2.71. The van der Waals surface area contributed by atoms with Crippen LogP contribution in [0.25, 0.3) is 22.4 Å². The molecule has 11 heteroatoms. The van der Waals surface area contributed by atoms with Crippen molar-refractivity contribution >= 4 is 29.2 Å². The molecule has 3 heterocycles. The Morgan fingerprint density at radius 3 is 2.69 bits per heavy atom. The molecule has 0 radical (unpaired) electrons. The molecule has 4 rings (SSSR count). The first kappa shape index (κ1) is 25.3. The van der Waals surface area contributed by atoms with E-state index in [2.05, 4.69) is 25.6 Å². The number of benzene rings is 1. The van der Waals surface area contributed by atoms with Crippen LogP contribution in [-0.2, 0) is 18.9 Å². The number of unbranched alkanes of at least 4 members (excludes halogenated alkanes) is 1. The Labute approximate surface area is 208 Å². The van der Waals surface area contributed by atoms with Gasteiger partial charge in [0.2, 0.25) is 0 Å². The average molecular weight is 496 g/mol. The number of nitrogens with one attached hydrogen (secondary N) is 2. The minimum Gasteiger partial charge on any atom is -0.434 e. The van der Waals surface area contributed by atoms with Crippen LogP contribution in [-0.4, -0.2) is 65.4 Å². The van der Waals surface area contributed by atoms with E-state index in [9.17, 15) is 9.59 Å². The second-order valence-electron chi connectivity index (χ2n) is 8.61. The van der Waals surface area contributed by atoms with Crippen molar-refractivity contribution in [3.8, 4) is 11.3 Å². The maximum atomic E-state index is 12.2. The lowest BCUT2D eigenvalue weighted by atomic mass is 10.2. The lowest BCUT2D eigenvalue weighted by Crippen LogP contribution is -2.30. The smallest absolute Gasteiger partial charge is 0.434 e. The molecule has 11 nitrogen and oxygen atoms in total. The van der Waals surface area contributed by atoms with E-state index in [0.29, 0.717) is 48.7 Å². The number of hydrogen-bond donors (Lipinski definition) is 2. The highest BCUT2D eigenvalue weighted by molar-refractivity contribution is 5.89. The van der Waals surface area contributed by atoms with Gasteiger partial charge in [0.1, 0.15) is 24.0 Å². The highest BCUT2D eigenvalue weighted by Gasteiger charge is 2.33. The summed E-state index contributed by atoms with van der Waals surface area (Å²) < 4.78 is 21.0. The minimum atomic E-state index is -0.755. The third kappa shape index (κ3) is 7.33. The number of amides is 2. The number of aromatic nitrogens is 3. The maximum Gasteiger partial charge on any atom is 0.508 e. The van der Waals surface area contributed by atoms with Gasteiger partial charge in [0, 0.05) is 12.1 Å². The van der Waals surface area contributed by atoms with E-state index in [0.717, 1.165) is 5.56 Å². The molecular formula is C25H29N5O6. The van der Waals surface area contributed by atoms with Crippen molar-refractivity contribution in [3.05, 3.63) is 48.7 Å². The number of rotatable bonds is 9. The molecule has 1 atom stereocenters. The van der Waals surface area contributed by atoms with E-state index < -0.39 is 18.0 Å². The molecule has 2 N–H and O–H groups in total. The first-order valence-electron chi connectivity index (χ1n) is 11.7. The second-order valence-corrected chi connectivity index (χ2v) is 8.61. The third-order valence-electron chi connectivity index (χ3n) is 5.25. The number of urea groups is 1. The zero-order valence-corrected chi connectivity index (χ0v) is 20.2. The van der Waals surface area contributed by atoms with Crippen LogP contribution >= 0.6 is 0 Å². The predicted molar refractivity (Wildman–Crippen MR) is 131 cm³/mol. The van der Waals surface area contributed by atoms with Crippen molar-refractivity contribution in [2.24, 2.45) is 0 Å². The Hall–Kier alpha value is -3.83. The van der Waals surface area contributed by atoms with Crippen LogP contribution in [0.4, 0.5) is 15.4 Å². The molecule has 0 aliphatic carbocycles. The first-order valence-corrected chi connectivity index (χ1v) is 11.7. The normalized spacial score (nSPS) is 16.4. The zero-order chi connectivity index (χ0) is 25.4. The molecule has 1 aliphatic rings. The highest BCUT2D eigenvalue weighted by atomic mass is 16.8. The number of anilines is 1. The van der Waals surface area contributed by atoms with Gasteiger partial charge < -0.3 is 24.3 Å². The molecule has 0 spiro atoms. The molecule has 0 saturated carbocycles. The number of fused-ring (bicyclic) bond motifs is 1. The van der Waals surface area contributed by atoms with Gasteiger partial charge >= 0.3 is 12.2 Å². The average Bonchev–Trinajstić information content (AvgIpc) is 3.23. The summed E-state index contributed by atoms with van der Waals surface area (Å²) in [5.74, 6) is -0.299. The van der Waals surface area contributed by atoms with Gasteiger partial charge in [-0.1, -0.05) is 30.3 Å². The number of hydrogen-bond acceptors (Lipinski definition) is 9. The van der Waals surface area contributed by atoms with E-state index >= 15 is 0 Å². The van der Waals surface area contributed by atoms with Crippen molar-refractivity contribution < 1.29 is 28.5 Å². The maximum absolute atomic E-state index is 12.2. The highest BCUT2D eigenvalue weighted by Crippen LogP contribution is 2.22. The standard InChI is InChI=1S/C25H29N5O6/c1-25(2)35-16-18(36-25)15-34-24(32)33-13-7-6-12-26-23(31)30-21-11-10-19-22(29-21)28-20(14-27-19)17-8-4-3-5-9-17/h3-5,8-11,14,18H,6-7,12-13,15-16H2,1-2H3,(H2,26,28,29,30,31). The van der Waals surface area contributed by atoms with Gasteiger partial charge in [-0.15, -0.1) is 0 Å². The SMILES string of the molecule is CC1(C)OCC(COC(=O)OCCCCNC(=O)Nc2ccc3ncc(-c4ccccc4)nc3n2)O1. The van der Waals surface area contributed by atoms with Gasteiger partial charge in [0.05, 0.1) is 25.1 Å². The van der Waals surface area contributed by atoms with Gasteiger partial charge in [0.25, 0.3) is 0 Å². The van der Waals surface area contributed by atoms with Crippen LogP contribution < -0.4 is 10.6 Å². The van der Waals surface area contributed by atoms with Crippen molar-refractivity contribution in [3.63, 3.8) is 0 Å². The molecule has 1 aromatic carbocycles. The van der Waals surface area contributed by atoms with E-state index in [4.69, 9.17) is 18.9 Å². The van der Waals surface area contributed by atoms with Gasteiger partial charge in [-0.05, 0) is 38.8 Å². The van der Waals surface area contributed by atoms with Crippen LogP contribution in [0.1, 0.15) is 26.7 Å². The van der Waals surface area contributed by atoms with Gasteiger partial charge in [-0.2, -0.15) is 0 Å². The van der Waals surface area contributed by atoms with Crippen LogP contribution in [0.15, 0.2) is 48.7 Å². The van der Waals surface area contributed by atoms with Crippen molar-refractivity contribution in [2.45, 2.75) is 38.6 Å². The summed E-state index contributed by atoms with van der Waals surface area (Å²) in [6.07, 6.45) is 1.82. The number of ether oxygens (including phenoxy) is 4. The summed E-state index contributed by atoms with van der Waals surface area (Å²) in [4.78, 5) is 37.2. The summed E-state index contributed by atoms with van der Waals surface area (Å²) in [7, 11) is 0. The lowest BCUT2D eigenvalue weighted by molar-refractivity contribution is -0.143. The first-order chi connectivity index (χ1) is 17.4. The summed E-state index contributed by atoms with van der Waals surface area (Å²) in [6, 6.07) is 12.7. The summed E-state index contributed by atoms with van der Waals surface area (Å²) >= 11 is 0. The molecule has 1 aliphatic heterocycles. The minimum absolute atomic E-state index is 0.0753. The number of nitrogens with zero attached hydrogens (tertiary/aromatic N) is 3. The van der Waals surface area contributed by atoms with Crippen LogP contribution in [0, 0.1) is 0 Å². The van der Waals surface area contributed by atoms with Crippen LogP contribution in [0.3, 0.4) is 0 Å². The number of carbonyl (C=O) groups excluding carboxylic acids is 2. The fourth-order valence-corrected chi connectivity index (χ4v) is 3.51. The molecule has 0 bridgehead atoms. The molecule has 3 aromatic rings. The Morgan fingerprint density at radius 1 is 1.08 bits per heavy atom. The van der Waals surface area contributed by atoms with E-state index in [1.54, 1.807) is 32.2 Å². The molecule has 1 unspecified atom stereocenters. The fraction of sp³-hybridized carbons (Fsp3) is 0.400. The quantitative estimate of drug-likeness (QED) is 0.335. The van der Waals surface area contributed by atoms with Gasteiger partial charge in [0.15, 0.2) is 11.4 Å². The topological polar surface area (TPSA) is 134 Å². The third-order valence-corrected chi connectivity index (χ3v) is 5.25. The molecule has 1 fully saturated rings. The van der Waals surface area contributed by atoms with Crippen molar-refractivity contribution in [1.29, 1.82) is 0 Å². The molecule has 2 amide bonds. The largest absolute Gasteiger partial charge is 0.508 e. The van der Waals surface area contributed by atoms with Crippen molar-refractivity contribution in [2.75, 3.05) is 31.7 Å². The monoisotopic (exact) mass is 495 g/mol. The summed E-state index contributed by atoms with van der Waals surface area (Å²) in [6.45, 7) is 4.63. The number of carbonyl (C=O) groups is 2. The second kappa shape index (κ2) is 11.7. The number of pyridine rings is 1. The zero-order valence-electron chi connectivity index (χ0n) is 20.2. The van der Waals surface area contributed by atoms with Gasteiger partial charge in [-0.25, -0.2) is 19.6 Å². The van der Waals surface area contributed by atoms with Gasteiger partial charge in [-0.3, -0.25) is 10.3 Å². The Balaban J connectivity index is 1.13. The molecule has 190 valence electrons. The lowest BCUT2D eigenvalue weighted by Gasteiger charge is -2.16. The van der Waals surface area contributed by atoms with Crippen LogP contribution in [0.2, 0.25) is 0 Å². The van der Waals surface area contributed by atoms with Crippen LogP contribution in [0.5, 0.6) is 0 Å². The fourth-order valence-electron chi connectivity index (χ4n) is 3.51. The Kier molecular flexibility index (Phi) is 8.24. The molecule has 1 saturated heterocycles. The van der Waals surface area contributed by atoms with E-state index in [1.165, 1.54) is 0 Å². The predicted octanol–water partition coefficient (Wildman–Crippen LogP) is 3.90. The van der Waals surface area contributed by atoms with E-state index in [-0.39, 0.29) is 19.3 Å². The molecule has 36 heavy (non-hydrogen) atoms.